The normalized spacial score (nSPS) is 17.9. The number of hydrogen-bond acceptors (Lipinski definition) is 1. The van der Waals surface area contributed by atoms with E-state index in [1.165, 1.54) is 33.4 Å². The molecule has 1 heterocycles. The zero-order valence-corrected chi connectivity index (χ0v) is 12.1. The molecule has 0 atom stereocenters. The largest absolute Gasteiger partial charge is 0.456 e. The second-order valence-electron chi connectivity index (χ2n) is 6.31. The summed E-state index contributed by atoms with van der Waals surface area (Å²) in [5.74, 6) is 2.27. The molecule has 1 aromatic carbocycles. The van der Waals surface area contributed by atoms with Crippen molar-refractivity contribution in [2.24, 2.45) is 0 Å². The van der Waals surface area contributed by atoms with Crippen LogP contribution in [0, 0.1) is 0 Å². The fourth-order valence-electron chi connectivity index (χ4n) is 4.10. The molecule has 104 valence electrons. The third-order valence-electron chi connectivity index (χ3n) is 5.14. The summed E-state index contributed by atoms with van der Waals surface area (Å²) < 4.78 is 6.30. The molecule has 0 unspecified atom stereocenters. The number of furan rings is 1. The fraction of sp³-hybridized carbons (Fsp3) is 0.300. The van der Waals surface area contributed by atoms with Crippen LogP contribution in [0.1, 0.15) is 46.4 Å². The van der Waals surface area contributed by atoms with Gasteiger partial charge in [-0.05, 0) is 61.3 Å². The molecule has 0 N–H and O–H groups in total. The van der Waals surface area contributed by atoms with E-state index in [4.69, 9.17) is 4.42 Å². The van der Waals surface area contributed by atoms with Gasteiger partial charge in [0, 0.05) is 16.7 Å². The quantitative estimate of drug-likeness (QED) is 0.661. The van der Waals surface area contributed by atoms with Crippen molar-refractivity contribution in [3.63, 3.8) is 0 Å². The van der Waals surface area contributed by atoms with Crippen molar-refractivity contribution in [2.45, 2.75) is 38.5 Å². The first-order chi connectivity index (χ1) is 10.4. The van der Waals surface area contributed by atoms with Gasteiger partial charge in [-0.15, -0.1) is 0 Å². The van der Waals surface area contributed by atoms with E-state index < -0.39 is 0 Å². The number of hydrogen-bond donors (Lipinski definition) is 0. The van der Waals surface area contributed by atoms with Gasteiger partial charge in [-0.3, -0.25) is 0 Å². The van der Waals surface area contributed by atoms with E-state index in [2.05, 4.69) is 36.4 Å². The van der Waals surface area contributed by atoms with Crippen LogP contribution in [-0.2, 0) is 25.7 Å². The number of rotatable bonds is 0. The Bertz CT molecular complexity index is 802. The lowest BCUT2D eigenvalue weighted by Crippen LogP contribution is -2.08. The Morgan fingerprint density at radius 1 is 0.762 bits per heavy atom. The SMILES string of the molecule is C1=Cc2c(ccc3c2-c2oc4c(c2CC3)CCC=C4)CC1. The van der Waals surface area contributed by atoms with Crippen LogP contribution in [0.5, 0.6) is 0 Å². The molecular weight excluding hydrogens is 256 g/mol. The molecule has 3 aliphatic rings. The topological polar surface area (TPSA) is 13.1 Å². The molecule has 0 aliphatic heterocycles. The molecule has 2 aromatic rings. The van der Waals surface area contributed by atoms with Crippen molar-refractivity contribution in [1.29, 1.82) is 0 Å². The zero-order valence-electron chi connectivity index (χ0n) is 12.1. The van der Waals surface area contributed by atoms with Crippen LogP contribution in [0.4, 0.5) is 0 Å². The average molecular weight is 274 g/mol. The van der Waals surface area contributed by atoms with E-state index in [-0.39, 0.29) is 0 Å². The van der Waals surface area contributed by atoms with Gasteiger partial charge in [0.05, 0.1) is 0 Å². The van der Waals surface area contributed by atoms with Gasteiger partial charge in [0.25, 0.3) is 0 Å². The third kappa shape index (κ3) is 1.58. The molecule has 1 nitrogen and oxygen atoms in total. The van der Waals surface area contributed by atoms with Gasteiger partial charge in [-0.25, -0.2) is 0 Å². The molecular formula is C20H18O. The Kier molecular flexibility index (Phi) is 2.34. The third-order valence-corrected chi connectivity index (χ3v) is 5.14. The van der Waals surface area contributed by atoms with Crippen LogP contribution in [0.25, 0.3) is 23.5 Å². The van der Waals surface area contributed by atoms with Crippen LogP contribution in [0.15, 0.2) is 28.7 Å². The highest BCUT2D eigenvalue weighted by Gasteiger charge is 2.28. The summed E-state index contributed by atoms with van der Waals surface area (Å²) in [5.41, 5.74) is 8.68. The van der Waals surface area contributed by atoms with Crippen LogP contribution in [0.3, 0.4) is 0 Å². The summed E-state index contributed by atoms with van der Waals surface area (Å²) in [4.78, 5) is 0. The minimum absolute atomic E-state index is 1.11. The van der Waals surface area contributed by atoms with Crippen molar-refractivity contribution < 1.29 is 4.42 Å². The first kappa shape index (κ1) is 11.6. The first-order valence-electron chi connectivity index (χ1n) is 8.04. The van der Waals surface area contributed by atoms with Crippen molar-refractivity contribution >= 4 is 12.2 Å². The van der Waals surface area contributed by atoms with E-state index in [1.54, 1.807) is 0 Å². The smallest absolute Gasteiger partial charge is 0.139 e. The monoisotopic (exact) mass is 274 g/mol. The van der Waals surface area contributed by atoms with Crippen molar-refractivity contribution in [1.82, 2.24) is 0 Å². The maximum absolute atomic E-state index is 6.30. The maximum Gasteiger partial charge on any atom is 0.139 e. The lowest BCUT2D eigenvalue weighted by molar-refractivity contribution is 0.560. The highest BCUT2D eigenvalue weighted by molar-refractivity contribution is 5.82. The molecule has 0 spiro atoms. The van der Waals surface area contributed by atoms with Crippen LogP contribution >= 0.6 is 0 Å². The Labute approximate surface area is 125 Å². The molecule has 0 bridgehead atoms. The van der Waals surface area contributed by atoms with Crippen LogP contribution in [-0.4, -0.2) is 0 Å². The fourth-order valence-corrected chi connectivity index (χ4v) is 4.10. The zero-order chi connectivity index (χ0) is 13.8. The second kappa shape index (κ2) is 4.24. The first-order valence-corrected chi connectivity index (χ1v) is 8.04. The molecule has 0 saturated carbocycles. The second-order valence-corrected chi connectivity index (χ2v) is 6.31. The molecule has 5 rings (SSSR count). The Morgan fingerprint density at radius 2 is 1.62 bits per heavy atom. The molecule has 0 fully saturated rings. The van der Waals surface area contributed by atoms with Crippen molar-refractivity contribution in [3.05, 3.63) is 57.9 Å². The molecule has 0 amide bonds. The summed E-state index contributed by atoms with van der Waals surface area (Å²) >= 11 is 0. The van der Waals surface area contributed by atoms with E-state index in [0.717, 1.165) is 50.0 Å². The van der Waals surface area contributed by atoms with Gasteiger partial charge < -0.3 is 4.42 Å². The standard InChI is InChI=1S/C20H18O/c1-2-6-15-13(5-1)9-10-14-11-12-17-16-7-3-4-8-18(16)21-20(17)19(14)15/h2,4,6,8-10H,1,3,5,7,11-12H2. The number of allylic oxidation sites excluding steroid dienone is 2. The van der Waals surface area contributed by atoms with E-state index in [0.29, 0.717) is 0 Å². The average Bonchev–Trinajstić information content (AvgIpc) is 2.93. The summed E-state index contributed by atoms with van der Waals surface area (Å²) in [6, 6.07) is 4.65. The lowest BCUT2D eigenvalue weighted by Gasteiger charge is -2.22. The van der Waals surface area contributed by atoms with E-state index >= 15 is 0 Å². The summed E-state index contributed by atoms with van der Waals surface area (Å²) in [6.07, 6.45) is 15.9. The predicted octanol–water partition coefficient (Wildman–Crippen LogP) is 4.96. The lowest BCUT2D eigenvalue weighted by atomic mass is 9.81. The van der Waals surface area contributed by atoms with Crippen LogP contribution in [0.2, 0.25) is 0 Å². The van der Waals surface area contributed by atoms with Crippen molar-refractivity contribution in [3.8, 4) is 11.3 Å². The highest BCUT2D eigenvalue weighted by atomic mass is 16.3. The van der Waals surface area contributed by atoms with Gasteiger partial charge in [-0.1, -0.05) is 30.4 Å². The van der Waals surface area contributed by atoms with E-state index in [9.17, 15) is 0 Å². The molecule has 0 saturated heterocycles. The molecule has 21 heavy (non-hydrogen) atoms. The minimum atomic E-state index is 1.11. The van der Waals surface area contributed by atoms with Crippen molar-refractivity contribution in [2.75, 3.05) is 0 Å². The Hall–Kier alpha value is -2.02. The van der Waals surface area contributed by atoms with E-state index in [1.807, 2.05) is 0 Å². The van der Waals surface area contributed by atoms with Gasteiger partial charge in [0.1, 0.15) is 11.5 Å². The minimum Gasteiger partial charge on any atom is -0.456 e. The van der Waals surface area contributed by atoms with Gasteiger partial charge in [0.2, 0.25) is 0 Å². The number of fused-ring (bicyclic) bond motifs is 7. The molecule has 1 aromatic heterocycles. The van der Waals surface area contributed by atoms with Gasteiger partial charge in [-0.2, -0.15) is 0 Å². The molecule has 0 radical (unpaired) electrons. The highest BCUT2D eigenvalue weighted by Crippen LogP contribution is 2.44. The summed E-state index contributed by atoms with van der Waals surface area (Å²) in [5, 5.41) is 0. The molecule has 1 heteroatoms. The van der Waals surface area contributed by atoms with Gasteiger partial charge in [0.15, 0.2) is 0 Å². The maximum atomic E-state index is 6.30. The predicted molar refractivity (Wildman–Crippen MR) is 86.3 cm³/mol. The summed E-state index contributed by atoms with van der Waals surface area (Å²) in [6.45, 7) is 0. The number of benzene rings is 1. The van der Waals surface area contributed by atoms with Gasteiger partial charge >= 0.3 is 0 Å². The number of aryl methyl sites for hydroxylation is 2. The molecule has 3 aliphatic carbocycles. The summed E-state index contributed by atoms with van der Waals surface area (Å²) in [7, 11) is 0. The van der Waals surface area contributed by atoms with Crippen LogP contribution < -0.4 is 0 Å². The Balaban J connectivity index is 1.81. The Morgan fingerprint density at radius 3 is 2.62 bits per heavy atom.